The van der Waals surface area contributed by atoms with E-state index >= 15 is 0 Å². The van der Waals surface area contributed by atoms with Crippen LogP contribution >= 0.6 is 0 Å². The fourth-order valence-electron chi connectivity index (χ4n) is 0.808. The van der Waals surface area contributed by atoms with E-state index in [-0.39, 0.29) is 11.4 Å². The molecule has 0 atom stereocenters. The molecule has 0 fully saturated rings. The molecule has 6 nitrogen and oxygen atoms in total. The number of hydrogen-bond acceptors (Lipinski definition) is 4. The summed E-state index contributed by atoms with van der Waals surface area (Å²) in [5.74, 6) is 0.0269. The van der Waals surface area contributed by atoms with Gasteiger partial charge >= 0.3 is 6.03 Å². The van der Waals surface area contributed by atoms with Gasteiger partial charge in [-0.05, 0) is 24.3 Å². The smallest absolute Gasteiger partial charge is 0.342 e. The van der Waals surface area contributed by atoms with Crippen LogP contribution < -0.4 is 10.7 Å². The Morgan fingerprint density at radius 1 is 1.38 bits per heavy atom. The summed E-state index contributed by atoms with van der Waals surface area (Å²) in [6, 6.07) is 4.36. The van der Waals surface area contributed by atoms with Gasteiger partial charge in [-0.25, -0.2) is 4.79 Å². The number of rotatable bonds is 2. The van der Waals surface area contributed by atoms with Crippen LogP contribution in [0.15, 0.2) is 29.6 Å². The molecule has 0 saturated carbocycles. The second-order valence-corrected chi connectivity index (χ2v) is 2.25. The highest BCUT2D eigenvalue weighted by Crippen LogP contribution is 2.18. The van der Waals surface area contributed by atoms with Crippen molar-refractivity contribution in [2.45, 2.75) is 0 Å². The molecule has 3 N–H and O–H groups in total. The van der Waals surface area contributed by atoms with Crippen molar-refractivity contribution in [2.24, 2.45) is 11.0 Å². The molecule has 68 valence electrons. The Balaban J connectivity index is 2.99. The van der Waals surface area contributed by atoms with Crippen molar-refractivity contribution >= 4 is 11.7 Å². The lowest BCUT2D eigenvalue weighted by Gasteiger charge is -2.09. The average Bonchev–Trinajstić information content (AvgIpc) is 2.09. The van der Waals surface area contributed by atoms with E-state index in [4.69, 9.17) is 10.8 Å². The average molecular weight is 181 g/mol. The van der Waals surface area contributed by atoms with E-state index in [0.717, 1.165) is 0 Å². The zero-order chi connectivity index (χ0) is 9.84. The normalized spacial score (nSPS) is 9.23. The summed E-state index contributed by atoms with van der Waals surface area (Å²) in [6.45, 7) is 0. The topological polar surface area (TPSA) is 96.0 Å². The maximum Gasteiger partial charge on any atom is 0.342 e. The lowest BCUT2D eigenvalue weighted by molar-refractivity contribution is 0.254. The predicted octanol–water partition coefficient (Wildman–Crippen LogP) is 0.959. The first-order chi connectivity index (χ1) is 6.15. The Morgan fingerprint density at radius 3 is 2.31 bits per heavy atom. The lowest BCUT2D eigenvalue weighted by atomic mass is 10.3. The Kier molecular flexibility index (Phi) is 2.44. The monoisotopic (exact) mass is 181 g/mol. The molecule has 0 saturated heterocycles. The molecule has 0 aliphatic carbocycles. The maximum absolute atomic E-state index is 10.6. The summed E-state index contributed by atoms with van der Waals surface area (Å²) in [7, 11) is 0. The van der Waals surface area contributed by atoms with Crippen LogP contribution in [0, 0.1) is 4.91 Å². The number of nitrogens with zero attached hydrogens (tertiary/aromatic N) is 2. The second kappa shape index (κ2) is 3.53. The van der Waals surface area contributed by atoms with Crippen LogP contribution in [0.4, 0.5) is 10.5 Å². The van der Waals surface area contributed by atoms with Crippen molar-refractivity contribution in [1.82, 2.24) is 0 Å². The number of hydrogen-bond donors (Lipinski definition) is 2. The van der Waals surface area contributed by atoms with Gasteiger partial charge in [0.2, 0.25) is 0 Å². The first-order valence-electron chi connectivity index (χ1n) is 3.37. The molecule has 0 unspecified atom stereocenters. The van der Waals surface area contributed by atoms with E-state index in [2.05, 4.69) is 5.29 Å². The molecule has 1 aromatic rings. The number of primary amides is 1. The Morgan fingerprint density at radius 2 is 1.92 bits per heavy atom. The highest BCUT2D eigenvalue weighted by atomic mass is 16.3. The molecule has 0 aliphatic rings. The van der Waals surface area contributed by atoms with Gasteiger partial charge in [0, 0.05) is 0 Å². The van der Waals surface area contributed by atoms with Crippen molar-refractivity contribution < 1.29 is 9.90 Å². The van der Waals surface area contributed by atoms with E-state index in [1.165, 1.54) is 24.3 Å². The van der Waals surface area contributed by atoms with Gasteiger partial charge in [-0.2, -0.15) is 0 Å². The first-order valence-corrected chi connectivity index (χ1v) is 3.37. The van der Waals surface area contributed by atoms with Crippen LogP contribution in [0.5, 0.6) is 5.75 Å². The Hall–Kier alpha value is -2.11. The molecule has 0 heterocycles. The number of phenols is 1. The summed E-state index contributed by atoms with van der Waals surface area (Å²) in [4.78, 5) is 20.8. The van der Waals surface area contributed by atoms with Crippen molar-refractivity contribution in [3.8, 4) is 5.75 Å². The molecule has 1 rings (SSSR count). The van der Waals surface area contributed by atoms with Gasteiger partial charge in [-0.3, -0.25) is 0 Å². The number of nitroso groups, excluding NO2 is 1. The first kappa shape index (κ1) is 8.98. The fraction of sp³-hybridized carbons (Fsp3) is 0. The second-order valence-electron chi connectivity index (χ2n) is 2.25. The van der Waals surface area contributed by atoms with E-state index in [1.54, 1.807) is 0 Å². The zero-order valence-electron chi connectivity index (χ0n) is 6.54. The van der Waals surface area contributed by atoms with E-state index in [0.29, 0.717) is 5.01 Å². The van der Waals surface area contributed by atoms with Crippen LogP contribution in [0.3, 0.4) is 0 Å². The summed E-state index contributed by atoms with van der Waals surface area (Å²) in [6.07, 6.45) is 0. The van der Waals surface area contributed by atoms with E-state index in [9.17, 15) is 9.70 Å². The maximum atomic E-state index is 10.6. The van der Waals surface area contributed by atoms with Crippen LogP contribution in [0.2, 0.25) is 0 Å². The number of benzene rings is 1. The summed E-state index contributed by atoms with van der Waals surface area (Å²) < 4.78 is 0. The molecular formula is C7H7N3O3. The molecule has 0 radical (unpaired) electrons. The van der Waals surface area contributed by atoms with Gasteiger partial charge in [0.05, 0.1) is 11.0 Å². The summed E-state index contributed by atoms with van der Waals surface area (Å²) in [5, 5.41) is 11.8. The van der Waals surface area contributed by atoms with Gasteiger partial charge in [0.25, 0.3) is 0 Å². The number of anilines is 1. The van der Waals surface area contributed by atoms with Gasteiger partial charge in [0.15, 0.2) is 0 Å². The minimum absolute atomic E-state index is 0.0269. The van der Waals surface area contributed by atoms with Crippen LogP contribution in [-0.2, 0) is 0 Å². The standard InChI is InChI=1S/C7H7N3O3/c8-7(12)10(9-13)5-1-3-6(11)4-2-5/h1-4,11H,(H2,8,12). The minimum Gasteiger partial charge on any atom is -0.508 e. The number of nitrogens with two attached hydrogens (primary N) is 1. The van der Waals surface area contributed by atoms with Crippen LogP contribution in [-0.4, -0.2) is 11.1 Å². The van der Waals surface area contributed by atoms with Crippen molar-refractivity contribution in [3.05, 3.63) is 29.2 Å². The summed E-state index contributed by atoms with van der Waals surface area (Å²) in [5.41, 5.74) is 5.06. The van der Waals surface area contributed by atoms with Crippen LogP contribution in [0.1, 0.15) is 0 Å². The van der Waals surface area contributed by atoms with Gasteiger partial charge in [0.1, 0.15) is 5.75 Å². The molecule has 0 bridgehead atoms. The minimum atomic E-state index is -0.972. The van der Waals surface area contributed by atoms with Gasteiger partial charge in [-0.15, -0.1) is 9.92 Å². The SMILES string of the molecule is NC(=O)N(N=O)c1ccc(O)cc1. The zero-order valence-corrected chi connectivity index (χ0v) is 6.54. The number of amides is 2. The molecule has 13 heavy (non-hydrogen) atoms. The van der Waals surface area contributed by atoms with Crippen LogP contribution in [0.25, 0.3) is 0 Å². The quantitative estimate of drug-likeness (QED) is 0.525. The predicted molar refractivity (Wildman–Crippen MR) is 46.0 cm³/mol. The number of carbonyl (C=O) groups excluding carboxylic acids is 1. The molecule has 1 aromatic carbocycles. The Bertz CT molecular complexity index is 322. The van der Waals surface area contributed by atoms with Gasteiger partial charge < -0.3 is 10.8 Å². The van der Waals surface area contributed by atoms with Crippen molar-refractivity contribution in [3.63, 3.8) is 0 Å². The van der Waals surface area contributed by atoms with Gasteiger partial charge in [-0.1, -0.05) is 0 Å². The Labute approximate surface area is 73.5 Å². The lowest BCUT2D eigenvalue weighted by Crippen LogP contribution is -2.30. The summed E-state index contributed by atoms with van der Waals surface area (Å²) >= 11 is 0. The fourth-order valence-corrected chi connectivity index (χ4v) is 0.808. The molecular weight excluding hydrogens is 174 g/mol. The van der Waals surface area contributed by atoms with E-state index < -0.39 is 6.03 Å². The molecule has 0 spiro atoms. The highest BCUT2D eigenvalue weighted by Gasteiger charge is 2.11. The number of carbonyl (C=O) groups is 1. The highest BCUT2D eigenvalue weighted by molar-refractivity contribution is 5.89. The third-order valence-electron chi connectivity index (χ3n) is 1.38. The molecule has 0 aromatic heterocycles. The number of urea groups is 1. The number of phenolic OH excluding ortho intramolecular Hbond substituents is 1. The third-order valence-corrected chi connectivity index (χ3v) is 1.38. The molecule has 0 aliphatic heterocycles. The number of aromatic hydroxyl groups is 1. The molecule has 2 amide bonds. The van der Waals surface area contributed by atoms with Crippen molar-refractivity contribution in [1.29, 1.82) is 0 Å². The van der Waals surface area contributed by atoms with E-state index in [1.807, 2.05) is 0 Å². The molecule has 6 heteroatoms. The van der Waals surface area contributed by atoms with Crippen molar-refractivity contribution in [2.75, 3.05) is 5.01 Å². The largest absolute Gasteiger partial charge is 0.508 e. The third kappa shape index (κ3) is 1.92.